The predicted octanol–water partition coefficient (Wildman–Crippen LogP) is 1.09. The maximum absolute atomic E-state index is 12.0. The van der Waals surface area contributed by atoms with Crippen molar-refractivity contribution in [3.8, 4) is 0 Å². The molecule has 0 aromatic heterocycles. The lowest BCUT2D eigenvalue weighted by Gasteiger charge is -2.27. The Labute approximate surface area is 127 Å². The van der Waals surface area contributed by atoms with Gasteiger partial charge < -0.3 is 20.5 Å². The first-order valence-electron chi connectivity index (χ1n) is 7.46. The molecular weight excluding hydrogens is 280 g/mol. The van der Waals surface area contributed by atoms with Gasteiger partial charge in [-0.3, -0.25) is 4.79 Å². The molecule has 2 saturated heterocycles. The van der Waals surface area contributed by atoms with Gasteiger partial charge in [0.05, 0.1) is 6.04 Å². The van der Waals surface area contributed by atoms with Gasteiger partial charge in [0.2, 0.25) is 5.91 Å². The second kappa shape index (κ2) is 9.55. The molecule has 2 heterocycles. The molecule has 0 radical (unpaired) electrons. The van der Waals surface area contributed by atoms with E-state index in [1.807, 2.05) is 0 Å². The Bertz CT molecular complexity index is 280. The van der Waals surface area contributed by atoms with E-state index in [0.29, 0.717) is 5.92 Å². The van der Waals surface area contributed by atoms with E-state index < -0.39 is 0 Å². The second-order valence-electron chi connectivity index (χ2n) is 5.61. The zero-order valence-electron chi connectivity index (χ0n) is 12.0. The fourth-order valence-electron chi connectivity index (χ4n) is 2.84. The summed E-state index contributed by atoms with van der Waals surface area (Å²) < 4.78 is 10.6. The van der Waals surface area contributed by atoms with Crippen molar-refractivity contribution in [3.05, 3.63) is 0 Å². The normalized spacial score (nSPS) is 22.9. The molecule has 1 amide bonds. The van der Waals surface area contributed by atoms with Crippen molar-refractivity contribution in [2.45, 2.75) is 38.1 Å². The number of nitrogens with two attached hydrogens (primary N) is 1. The highest BCUT2D eigenvalue weighted by Crippen LogP contribution is 2.19. The minimum Gasteiger partial charge on any atom is -0.381 e. The molecule has 5 nitrogen and oxygen atoms in total. The van der Waals surface area contributed by atoms with E-state index in [4.69, 9.17) is 15.2 Å². The number of rotatable bonds is 5. The van der Waals surface area contributed by atoms with E-state index in [2.05, 4.69) is 5.32 Å². The monoisotopic (exact) mass is 306 g/mol. The first-order chi connectivity index (χ1) is 9.27. The molecule has 0 aromatic rings. The third-order valence-corrected chi connectivity index (χ3v) is 4.27. The summed E-state index contributed by atoms with van der Waals surface area (Å²) >= 11 is 0. The zero-order valence-corrected chi connectivity index (χ0v) is 12.8. The smallest absolute Gasteiger partial charge is 0.237 e. The van der Waals surface area contributed by atoms with Crippen LogP contribution in [0, 0.1) is 11.8 Å². The minimum absolute atomic E-state index is 0. The quantitative estimate of drug-likeness (QED) is 0.797. The standard InChI is InChI=1S/C14H26N2O3.ClH/c15-13(12-4-9-19-10-5-12)14(17)16-6-1-11-2-7-18-8-3-11;/h11-13H,1-10,15H2,(H,16,17);1H. The van der Waals surface area contributed by atoms with Crippen LogP contribution in [0.4, 0.5) is 0 Å². The Morgan fingerprint density at radius 2 is 1.65 bits per heavy atom. The molecular formula is C14H27ClN2O3. The summed E-state index contributed by atoms with van der Waals surface area (Å²) in [6.45, 7) is 3.92. The SMILES string of the molecule is Cl.NC(C(=O)NCCC1CCOCC1)C1CCOCC1. The van der Waals surface area contributed by atoms with Crippen LogP contribution in [0.5, 0.6) is 0 Å². The number of hydrogen-bond acceptors (Lipinski definition) is 4. The summed E-state index contributed by atoms with van der Waals surface area (Å²) in [6.07, 6.45) is 5.06. The fourth-order valence-corrected chi connectivity index (χ4v) is 2.84. The van der Waals surface area contributed by atoms with Gasteiger partial charge in [0.1, 0.15) is 0 Å². The molecule has 3 N–H and O–H groups in total. The summed E-state index contributed by atoms with van der Waals surface area (Å²) in [6, 6.07) is -0.376. The van der Waals surface area contributed by atoms with Crippen LogP contribution in [0.2, 0.25) is 0 Å². The average Bonchev–Trinajstić information content (AvgIpc) is 2.48. The van der Waals surface area contributed by atoms with E-state index in [0.717, 1.165) is 65.1 Å². The summed E-state index contributed by atoms with van der Waals surface area (Å²) in [4.78, 5) is 12.0. The van der Waals surface area contributed by atoms with E-state index in [-0.39, 0.29) is 30.3 Å². The van der Waals surface area contributed by atoms with Gasteiger partial charge in [-0.1, -0.05) is 0 Å². The Hall–Kier alpha value is -0.360. The maximum atomic E-state index is 12.0. The number of carbonyl (C=O) groups excluding carboxylic acids is 1. The highest BCUT2D eigenvalue weighted by molar-refractivity contribution is 5.85. The van der Waals surface area contributed by atoms with Crippen molar-refractivity contribution < 1.29 is 14.3 Å². The van der Waals surface area contributed by atoms with E-state index in [1.165, 1.54) is 0 Å². The van der Waals surface area contributed by atoms with E-state index in [1.54, 1.807) is 0 Å². The molecule has 0 spiro atoms. The topological polar surface area (TPSA) is 73.6 Å². The van der Waals surface area contributed by atoms with Crippen LogP contribution < -0.4 is 11.1 Å². The van der Waals surface area contributed by atoms with Crippen LogP contribution in [0.1, 0.15) is 32.1 Å². The van der Waals surface area contributed by atoms with Gasteiger partial charge in [0.25, 0.3) is 0 Å². The van der Waals surface area contributed by atoms with Crippen molar-refractivity contribution in [3.63, 3.8) is 0 Å². The number of amides is 1. The number of carbonyl (C=O) groups is 1. The molecule has 1 unspecified atom stereocenters. The van der Waals surface area contributed by atoms with Gasteiger partial charge in [0, 0.05) is 33.0 Å². The molecule has 2 fully saturated rings. The van der Waals surface area contributed by atoms with Crippen molar-refractivity contribution in [1.29, 1.82) is 0 Å². The van der Waals surface area contributed by atoms with Gasteiger partial charge in [-0.25, -0.2) is 0 Å². The molecule has 0 aliphatic carbocycles. The third kappa shape index (κ3) is 5.56. The molecule has 2 aliphatic heterocycles. The van der Waals surface area contributed by atoms with Crippen LogP contribution in [0.3, 0.4) is 0 Å². The lowest BCUT2D eigenvalue weighted by Crippen LogP contribution is -2.47. The van der Waals surface area contributed by atoms with E-state index >= 15 is 0 Å². The Kier molecular flexibility index (Phi) is 8.45. The second-order valence-corrected chi connectivity index (χ2v) is 5.61. The lowest BCUT2D eigenvalue weighted by atomic mass is 9.91. The van der Waals surface area contributed by atoms with Gasteiger partial charge in [-0.05, 0) is 43.9 Å². The number of halogens is 1. The van der Waals surface area contributed by atoms with Crippen molar-refractivity contribution >= 4 is 18.3 Å². The van der Waals surface area contributed by atoms with Crippen LogP contribution in [-0.4, -0.2) is 44.9 Å². The highest BCUT2D eigenvalue weighted by Gasteiger charge is 2.26. The van der Waals surface area contributed by atoms with Crippen molar-refractivity contribution in [1.82, 2.24) is 5.32 Å². The molecule has 0 aromatic carbocycles. The van der Waals surface area contributed by atoms with Gasteiger partial charge >= 0.3 is 0 Å². The summed E-state index contributed by atoms with van der Waals surface area (Å²) in [5, 5.41) is 2.98. The van der Waals surface area contributed by atoms with Gasteiger partial charge in [0.15, 0.2) is 0 Å². The highest BCUT2D eigenvalue weighted by atomic mass is 35.5. The van der Waals surface area contributed by atoms with Crippen LogP contribution in [0.25, 0.3) is 0 Å². The zero-order chi connectivity index (χ0) is 13.5. The molecule has 20 heavy (non-hydrogen) atoms. The largest absolute Gasteiger partial charge is 0.381 e. The summed E-state index contributed by atoms with van der Waals surface area (Å²) in [5.74, 6) is 0.962. The summed E-state index contributed by atoms with van der Waals surface area (Å²) in [5.41, 5.74) is 6.02. The summed E-state index contributed by atoms with van der Waals surface area (Å²) in [7, 11) is 0. The minimum atomic E-state index is -0.376. The molecule has 0 saturated carbocycles. The first-order valence-corrected chi connectivity index (χ1v) is 7.46. The predicted molar refractivity (Wildman–Crippen MR) is 79.9 cm³/mol. The molecule has 1 atom stereocenters. The lowest BCUT2D eigenvalue weighted by molar-refractivity contribution is -0.124. The molecule has 0 bridgehead atoms. The first kappa shape index (κ1) is 17.7. The van der Waals surface area contributed by atoms with Crippen molar-refractivity contribution in [2.75, 3.05) is 33.0 Å². The van der Waals surface area contributed by atoms with Crippen LogP contribution >= 0.6 is 12.4 Å². The van der Waals surface area contributed by atoms with Crippen LogP contribution in [0.15, 0.2) is 0 Å². The fraction of sp³-hybridized carbons (Fsp3) is 0.929. The van der Waals surface area contributed by atoms with Gasteiger partial charge in [-0.2, -0.15) is 0 Å². The third-order valence-electron chi connectivity index (χ3n) is 4.27. The van der Waals surface area contributed by atoms with Gasteiger partial charge in [-0.15, -0.1) is 12.4 Å². The maximum Gasteiger partial charge on any atom is 0.237 e. The van der Waals surface area contributed by atoms with Crippen LogP contribution in [-0.2, 0) is 14.3 Å². The Morgan fingerprint density at radius 3 is 2.25 bits per heavy atom. The number of ether oxygens (including phenoxy) is 2. The number of hydrogen-bond donors (Lipinski definition) is 2. The molecule has 118 valence electrons. The van der Waals surface area contributed by atoms with E-state index in [9.17, 15) is 4.79 Å². The molecule has 6 heteroatoms. The Balaban J connectivity index is 0.00000200. The van der Waals surface area contributed by atoms with Crippen molar-refractivity contribution in [2.24, 2.45) is 17.6 Å². The molecule has 2 rings (SSSR count). The number of nitrogens with one attached hydrogen (secondary N) is 1. The Morgan fingerprint density at radius 1 is 1.10 bits per heavy atom. The molecule has 2 aliphatic rings. The average molecular weight is 307 g/mol.